The summed E-state index contributed by atoms with van der Waals surface area (Å²) in [7, 11) is 1.57. The van der Waals surface area contributed by atoms with Crippen LogP contribution in [0.25, 0.3) is 0 Å². The molecule has 0 spiro atoms. The van der Waals surface area contributed by atoms with Crippen molar-refractivity contribution < 1.29 is 9.47 Å². The van der Waals surface area contributed by atoms with Crippen LogP contribution < -0.4 is 9.47 Å². The van der Waals surface area contributed by atoms with Crippen molar-refractivity contribution in [3.63, 3.8) is 0 Å². The Bertz CT molecular complexity index is 682. The highest BCUT2D eigenvalue weighted by Gasteiger charge is 2.12. The summed E-state index contributed by atoms with van der Waals surface area (Å²) in [5, 5.41) is 10.2. The second-order valence-corrected chi connectivity index (χ2v) is 5.27. The number of nitrogens with zero attached hydrogens (tertiary/aromatic N) is 1. The highest BCUT2D eigenvalue weighted by atomic mass is 79.9. The molecule has 0 aliphatic heterocycles. The summed E-state index contributed by atoms with van der Waals surface area (Å²) in [6, 6.07) is 13.1. The van der Waals surface area contributed by atoms with E-state index in [1.165, 1.54) is 0 Å². The molecule has 0 radical (unpaired) electrons. The van der Waals surface area contributed by atoms with Gasteiger partial charge in [-0.15, -0.1) is 0 Å². The Labute approximate surface area is 137 Å². The van der Waals surface area contributed by atoms with E-state index in [1.54, 1.807) is 13.2 Å². The maximum Gasteiger partial charge on any atom is 0.180 e. The monoisotopic (exact) mass is 365 g/mol. The molecule has 5 heteroatoms. The predicted molar refractivity (Wildman–Crippen MR) is 86.1 cm³/mol. The molecule has 0 bridgehead atoms. The van der Waals surface area contributed by atoms with Gasteiger partial charge in [-0.1, -0.05) is 45.7 Å². The Balaban J connectivity index is 2.26. The van der Waals surface area contributed by atoms with E-state index in [0.717, 1.165) is 11.1 Å². The van der Waals surface area contributed by atoms with Gasteiger partial charge in [0.25, 0.3) is 0 Å². The fraction of sp³-hybridized carbons (Fsp3) is 0.188. The second-order valence-electron chi connectivity index (χ2n) is 4.30. The molecule has 2 aromatic rings. The zero-order chi connectivity index (χ0) is 15.2. The number of ether oxygens (including phenoxy) is 2. The van der Waals surface area contributed by atoms with E-state index in [1.807, 2.05) is 30.3 Å². The van der Waals surface area contributed by atoms with E-state index in [-0.39, 0.29) is 6.61 Å². The summed E-state index contributed by atoms with van der Waals surface area (Å²) in [5.74, 6) is 1.06. The molecule has 3 nitrogen and oxygen atoms in total. The van der Waals surface area contributed by atoms with Gasteiger partial charge in [0.15, 0.2) is 11.5 Å². The van der Waals surface area contributed by atoms with Crippen molar-refractivity contribution in [1.29, 1.82) is 5.26 Å². The lowest BCUT2D eigenvalue weighted by atomic mass is 10.1. The van der Waals surface area contributed by atoms with E-state index in [4.69, 9.17) is 26.3 Å². The van der Waals surface area contributed by atoms with Gasteiger partial charge < -0.3 is 9.47 Å². The Morgan fingerprint density at radius 2 is 2.05 bits per heavy atom. The lowest BCUT2D eigenvalue weighted by molar-refractivity contribution is 0.284. The van der Waals surface area contributed by atoms with Gasteiger partial charge in [-0.3, -0.25) is 0 Å². The summed E-state index contributed by atoms with van der Waals surface area (Å²) in [4.78, 5) is 0. The first-order valence-electron chi connectivity index (χ1n) is 6.22. The third kappa shape index (κ3) is 3.69. The third-order valence-electron chi connectivity index (χ3n) is 2.95. The van der Waals surface area contributed by atoms with Gasteiger partial charge in [-0.2, -0.15) is 5.26 Å². The maximum atomic E-state index is 9.08. The molecule has 0 aliphatic rings. The minimum atomic E-state index is 0.257. The van der Waals surface area contributed by atoms with Crippen LogP contribution >= 0.6 is 27.5 Å². The zero-order valence-corrected chi connectivity index (χ0v) is 13.7. The number of alkyl halides is 1. The molecule has 0 fully saturated rings. The molecule has 0 aliphatic carbocycles. The van der Waals surface area contributed by atoms with Gasteiger partial charge in [-0.05, 0) is 23.8 Å². The SMILES string of the molecule is COc1cc(CBr)cc(Cl)c1OCc1ccccc1C#N. The van der Waals surface area contributed by atoms with Crippen LogP contribution in [0.15, 0.2) is 36.4 Å². The minimum absolute atomic E-state index is 0.257. The molecule has 2 rings (SSSR count). The Hall–Kier alpha value is -1.70. The van der Waals surface area contributed by atoms with Gasteiger partial charge >= 0.3 is 0 Å². The molecule has 0 atom stereocenters. The molecule has 0 heterocycles. The van der Waals surface area contributed by atoms with Gasteiger partial charge in [0.2, 0.25) is 0 Å². The van der Waals surface area contributed by atoms with E-state index < -0.39 is 0 Å². The molecule has 0 saturated carbocycles. The van der Waals surface area contributed by atoms with Crippen molar-refractivity contribution in [2.75, 3.05) is 7.11 Å². The number of nitriles is 1. The van der Waals surface area contributed by atoms with Gasteiger partial charge in [0.05, 0.1) is 23.8 Å². The van der Waals surface area contributed by atoms with E-state index in [0.29, 0.717) is 27.4 Å². The number of halogens is 2. The van der Waals surface area contributed by atoms with Crippen LogP contribution in [0.2, 0.25) is 5.02 Å². The molecule has 0 N–H and O–H groups in total. The lowest BCUT2D eigenvalue weighted by Crippen LogP contribution is -2.01. The predicted octanol–water partition coefficient (Wildman–Crippen LogP) is 4.69. The Morgan fingerprint density at radius 1 is 1.29 bits per heavy atom. The fourth-order valence-corrected chi connectivity index (χ4v) is 2.51. The molecule has 108 valence electrons. The molecule has 2 aromatic carbocycles. The number of hydrogen-bond donors (Lipinski definition) is 0. The van der Waals surface area contributed by atoms with Crippen LogP contribution in [0, 0.1) is 11.3 Å². The van der Waals surface area contributed by atoms with E-state index in [9.17, 15) is 0 Å². The fourth-order valence-electron chi connectivity index (χ4n) is 1.90. The average molecular weight is 367 g/mol. The largest absolute Gasteiger partial charge is 0.493 e. The third-order valence-corrected chi connectivity index (χ3v) is 3.88. The van der Waals surface area contributed by atoms with Crippen LogP contribution in [0.3, 0.4) is 0 Å². The molecule has 0 saturated heterocycles. The van der Waals surface area contributed by atoms with Crippen molar-refractivity contribution in [3.05, 3.63) is 58.1 Å². The summed E-state index contributed by atoms with van der Waals surface area (Å²) in [6.07, 6.45) is 0. The number of methoxy groups -OCH3 is 1. The Kier molecular flexibility index (Phi) is 5.49. The van der Waals surface area contributed by atoms with Crippen molar-refractivity contribution in [1.82, 2.24) is 0 Å². The second kappa shape index (κ2) is 7.35. The highest BCUT2D eigenvalue weighted by Crippen LogP contribution is 2.37. The van der Waals surface area contributed by atoms with Gasteiger partial charge in [0.1, 0.15) is 6.61 Å². The molecular weight excluding hydrogens is 354 g/mol. The first kappa shape index (κ1) is 15.7. The summed E-state index contributed by atoms with van der Waals surface area (Å²) in [5.41, 5.74) is 2.40. The summed E-state index contributed by atoms with van der Waals surface area (Å²) < 4.78 is 11.1. The standard InChI is InChI=1S/C16H13BrClNO2/c1-20-15-7-11(8-17)6-14(18)16(15)21-10-13-5-3-2-4-12(13)9-19/h2-7H,8,10H2,1H3. The molecular formula is C16H13BrClNO2. The van der Waals surface area contributed by atoms with E-state index >= 15 is 0 Å². The normalized spacial score (nSPS) is 10.0. The highest BCUT2D eigenvalue weighted by molar-refractivity contribution is 9.08. The Morgan fingerprint density at radius 3 is 2.71 bits per heavy atom. The maximum absolute atomic E-state index is 9.08. The van der Waals surface area contributed by atoms with Crippen LogP contribution in [0.1, 0.15) is 16.7 Å². The topological polar surface area (TPSA) is 42.2 Å². The van der Waals surface area contributed by atoms with Crippen molar-refractivity contribution >= 4 is 27.5 Å². The summed E-state index contributed by atoms with van der Waals surface area (Å²) >= 11 is 9.62. The van der Waals surface area contributed by atoms with Gasteiger partial charge in [0, 0.05) is 10.9 Å². The first-order valence-corrected chi connectivity index (χ1v) is 7.72. The molecule has 21 heavy (non-hydrogen) atoms. The van der Waals surface area contributed by atoms with Crippen LogP contribution in [-0.4, -0.2) is 7.11 Å². The minimum Gasteiger partial charge on any atom is -0.493 e. The van der Waals surface area contributed by atoms with E-state index in [2.05, 4.69) is 22.0 Å². The number of rotatable bonds is 5. The molecule has 0 aromatic heterocycles. The average Bonchev–Trinajstić information content (AvgIpc) is 2.53. The molecule has 0 unspecified atom stereocenters. The quantitative estimate of drug-likeness (QED) is 0.721. The summed E-state index contributed by atoms with van der Waals surface area (Å²) in [6.45, 7) is 0.257. The van der Waals surface area contributed by atoms with Crippen molar-refractivity contribution in [3.8, 4) is 17.6 Å². The van der Waals surface area contributed by atoms with Gasteiger partial charge in [-0.25, -0.2) is 0 Å². The van der Waals surface area contributed by atoms with Crippen molar-refractivity contribution in [2.45, 2.75) is 11.9 Å². The van der Waals surface area contributed by atoms with Crippen LogP contribution in [0.4, 0.5) is 0 Å². The van der Waals surface area contributed by atoms with Crippen LogP contribution in [0.5, 0.6) is 11.5 Å². The number of hydrogen-bond acceptors (Lipinski definition) is 3. The van der Waals surface area contributed by atoms with Crippen LogP contribution in [-0.2, 0) is 11.9 Å². The molecule has 0 amide bonds. The smallest absolute Gasteiger partial charge is 0.180 e. The first-order chi connectivity index (χ1) is 10.2. The number of benzene rings is 2. The lowest BCUT2D eigenvalue weighted by Gasteiger charge is -2.14. The van der Waals surface area contributed by atoms with Crippen molar-refractivity contribution in [2.24, 2.45) is 0 Å². The zero-order valence-electron chi connectivity index (χ0n) is 11.4.